The normalized spacial score (nSPS) is 12.6. The van der Waals surface area contributed by atoms with Gasteiger partial charge in [0.25, 0.3) is 35.4 Å². The van der Waals surface area contributed by atoms with E-state index in [0.717, 1.165) is 181 Å². The molecule has 0 saturated carbocycles. The number of pyridine rings is 3. The van der Waals surface area contributed by atoms with Gasteiger partial charge in [0.2, 0.25) is 0 Å². The van der Waals surface area contributed by atoms with Crippen LogP contribution in [-0.4, -0.2) is 190 Å². The van der Waals surface area contributed by atoms with Crippen molar-refractivity contribution in [3.8, 4) is 69.0 Å². The summed E-state index contributed by atoms with van der Waals surface area (Å²) < 4.78 is 65.7. The van der Waals surface area contributed by atoms with E-state index in [1.807, 2.05) is 146 Å². The first-order valence-corrected chi connectivity index (χ1v) is 47.0. The lowest BCUT2D eigenvalue weighted by Gasteiger charge is -2.29. The molecule has 738 valence electrons. The van der Waals surface area contributed by atoms with Crippen molar-refractivity contribution in [3.05, 3.63) is 339 Å². The van der Waals surface area contributed by atoms with Crippen LogP contribution in [-0.2, 0) is 58.2 Å². The Morgan fingerprint density at radius 1 is 0.250 bits per heavy atom. The fourth-order valence-electron chi connectivity index (χ4n) is 17.8. The number of ether oxygens (including phenoxy) is 12. The molecule has 3 aromatic heterocycles. The standard InChI is InChI=1S/3C38H38N4O6/c3*1-45-33-18-25-14-16-42(23-28(25)19-34(33)46-2)15-13-24-9-11-29(12-10-24)40-38(44)30-20-35(47-3)36(48-4)21-32(30)41-37(43)27-17-26-7-5-6-8-31(26)39-22-27/h3*5-12,17-22H,13-16,23H2,1-4H3,(H,40,44)(H,41,43). The lowest BCUT2D eigenvalue weighted by Crippen LogP contribution is -2.32. The molecule has 6 amide bonds. The van der Waals surface area contributed by atoms with Gasteiger partial charge in [-0.3, -0.25) is 58.4 Å². The molecule has 0 aliphatic carbocycles. The lowest BCUT2D eigenvalue weighted by molar-refractivity contribution is 0.101. The number of benzene rings is 12. The number of hydrogen-bond acceptors (Lipinski definition) is 24. The van der Waals surface area contributed by atoms with Crippen LogP contribution < -0.4 is 88.7 Å². The fourth-order valence-corrected chi connectivity index (χ4v) is 17.8. The highest BCUT2D eigenvalue weighted by Crippen LogP contribution is 2.42. The zero-order valence-corrected chi connectivity index (χ0v) is 82.4. The highest BCUT2D eigenvalue weighted by molar-refractivity contribution is 6.16. The van der Waals surface area contributed by atoms with E-state index < -0.39 is 35.4 Å². The number of anilines is 6. The molecule has 15 aromatic rings. The molecular formula is C114H114N12O18. The Hall–Kier alpha value is -16.8. The van der Waals surface area contributed by atoms with Crippen LogP contribution >= 0.6 is 0 Å². The Morgan fingerprint density at radius 3 is 0.715 bits per heavy atom. The number of para-hydroxylation sites is 3. The van der Waals surface area contributed by atoms with E-state index in [-0.39, 0.29) is 33.8 Å². The third kappa shape index (κ3) is 24.1. The molecule has 0 radical (unpaired) electrons. The molecule has 0 bridgehead atoms. The summed E-state index contributed by atoms with van der Waals surface area (Å²) in [5.74, 6) is 4.32. The maximum atomic E-state index is 13.6. The molecule has 144 heavy (non-hydrogen) atoms. The summed E-state index contributed by atoms with van der Waals surface area (Å²) in [6, 6.07) is 73.2. The molecule has 0 saturated heterocycles. The van der Waals surface area contributed by atoms with Crippen LogP contribution in [0.4, 0.5) is 34.1 Å². The lowest BCUT2D eigenvalue weighted by atomic mass is 9.98. The molecular weight excluding hydrogens is 1830 g/mol. The predicted octanol–water partition coefficient (Wildman–Crippen LogP) is 19.1. The minimum absolute atomic E-state index is 0.221. The molecule has 12 aromatic carbocycles. The van der Waals surface area contributed by atoms with Gasteiger partial charge >= 0.3 is 0 Å². The molecule has 3 aliphatic rings. The van der Waals surface area contributed by atoms with Crippen molar-refractivity contribution in [2.75, 3.05) is 156 Å². The van der Waals surface area contributed by atoms with Gasteiger partial charge in [0, 0.05) is 129 Å². The number of nitrogens with one attached hydrogen (secondary N) is 6. The van der Waals surface area contributed by atoms with Crippen LogP contribution in [0.2, 0.25) is 0 Å². The molecule has 0 atom stereocenters. The van der Waals surface area contributed by atoms with Gasteiger partial charge in [0.1, 0.15) is 0 Å². The summed E-state index contributed by atoms with van der Waals surface area (Å²) in [5, 5.41) is 20.0. The van der Waals surface area contributed by atoms with Gasteiger partial charge in [-0.15, -0.1) is 0 Å². The van der Waals surface area contributed by atoms with Crippen LogP contribution in [0.25, 0.3) is 32.7 Å². The fraction of sp³-hybridized carbons (Fsp3) is 0.237. The average Bonchev–Trinajstić information content (AvgIpc) is 0.726. The number of amides is 6. The third-order valence-corrected chi connectivity index (χ3v) is 25.8. The van der Waals surface area contributed by atoms with Crippen molar-refractivity contribution >= 4 is 102 Å². The van der Waals surface area contributed by atoms with E-state index in [1.54, 1.807) is 97.3 Å². The van der Waals surface area contributed by atoms with Crippen LogP contribution in [0, 0.1) is 0 Å². The monoisotopic (exact) mass is 1940 g/mol. The minimum Gasteiger partial charge on any atom is -0.493 e. The first-order valence-electron chi connectivity index (χ1n) is 47.0. The first kappa shape index (κ1) is 100. The highest BCUT2D eigenvalue weighted by atomic mass is 16.5. The Balaban J connectivity index is 0.000000155. The van der Waals surface area contributed by atoms with E-state index in [1.165, 1.54) is 94.6 Å². The number of rotatable bonds is 33. The van der Waals surface area contributed by atoms with Crippen LogP contribution in [0.1, 0.15) is 112 Å². The molecule has 6 heterocycles. The van der Waals surface area contributed by atoms with Gasteiger partial charge in [0.15, 0.2) is 69.0 Å². The van der Waals surface area contributed by atoms with Gasteiger partial charge in [-0.2, -0.15) is 0 Å². The van der Waals surface area contributed by atoms with Crippen molar-refractivity contribution < 1.29 is 85.6 Å². The Morgan fingerprint density at radius 2 is 0.472 bits per heavy atom. The van der Waals surface area contributed by atoms with Crippen LogP contribution in [0.5, 0.6) is 69.0 Å². The second-order valence-corrected chi connectivity index (χ2v) is 34.6. The van der Waals surface area contributed by atoms with Crippen LogP contribution in [0.3, 0.4) is 0 Å². The largest absolute Gasteiger partial charge is 0.493 e. The Labute approximate surface area is 835 Å². The maximum Gasteiger partial charge on any atom is 0.257 e. The molecule has 0 unspecified atom stereocenters. The van der Waals surface area contributed by atoms with E-state index in [2.05, 4.69) is 98.0 Å². The molecule has 0 fully saturated rings. The molecule has 3 aliphatic heterocycles. The molecule has 18 rings (SSSR count). The summed E-state index contributed by atoms with van der Waals surface area (Å²) in [4.78, 5) is 101. The number of methoxy groups -OCH3 is 12. The summed E-state index contributed by atoms with van der Waals surface area (Å²) >= 11 is 0. The summed E-state index contributed by atoms with van der Waals surface area (Å²) in [6.07, 6.45) is 10.0. The number of nitrogens with zero attached hydrogens (tertiary/aromatic N) is 6. The molecule has 6 N–H and O–H groups in total. The van der Waals surface area contributed by atoms with Gasteiger partial charge in [0.05, 0.1) is 152 Å². The molecule has 30 heteroatoms. The number of carbonyl (C=O) groups is 6. The second-order valence-electron chi connectivity index (χ2n) is 34.6. The Kier molecular flexibility index (Phi) is 32.7. The van der Waals surface area contributed by atoms with E-state index in [4.69, 9.17) is 56.8 Å². The zero-order chi connectivity index (χ0) is 101. The van der Waals surface area contributed by atoms with Crippen molar-refractivity contribution in [1.29, 1.82) is 0 Å². The van der Waals surface area contributed by atoms with Crippen molar-refractivity contribution in [2.45, 2.75) is 58.2 Å². The summed E-state index contributed by atoms with van der Waals surface area (Å²) in [5.41, 5.74) is 18.0. The average molecular weight is 1940 g/mol. The van der Waals surface area contributed by atoms with Crippen molar-refractivity contribution in [1.82, 2.24) is 29.7 Å². The summed E-state index contributed by atoms with van der Waals surface area (Å²) in [7, 11) is 18.9. The first-order chi connectivity index (χ1) is 70.1. The molecule has 30 nitrogen and oxygen atoms in total. The van der Waals surface area contributed by atoms with Crippen molar-refractivity contribution in [2.24, 2.45) is 0 Å². The number of aromatic nitrogens is 3. The predicted molar refractivity (Wildman–Crippen MR) is 558 cm³/mol. The van der Waals surface area contributed by atoms with Crippen molar-refractivity contribution in [3.63, 3.8) is 0 Å². The minimum atomic E-state index is -0.408. The van der Waals surface area contributed by atoms with E-state index in [0.29, 0.717) is 68.2 Å². The summed E-state index contributed by atoms with van der Waals surface area (Å²) in [6.45, 7) is 8.18. The quantitative estimate of drug-likeness (QED) is 0.0222. The number of fused-ring (bicyclic) bond motifs is 6. The topological polar surface area (TPSA) is 334 Å². The number of carbonyl (C=O) groups excluding carboxylic acids is 6. The highest BCUT2D eigenvalue weighted by Gasteiger charge is 2.29. The van der Waals surface area contributed by atoms with Gasteiger partial charge in [-0.1, -0.05) is 91.0 Å². The van der Waals surface area contributed by atoms with Gasteiger partial charge in [-0.25, -0.2) is 0 Å². The van der Waals surface area contributed by atoms with E-state index in [9.17, 15) is 28.8 Å². The third-order valence-electron chi connectivity index (χ3n) is 25.8. The zero-order valence-electron chi connectivity index (χ0n) is 82.4. The van der Waals surface area contributed by atoms with Gasteiger partial charge < -0.3 is 88.7 Å². The van der Waals surface area contributed by atoms with Gasteiger partial charge in [-0.05, 0) is 216 Å². The smallest absolute Gasteiger partial charge is 0.257 e. The van der Waals surface area contributed by atoms with Crippen LogP contribution in [0.15, 0.2) is 255 Å². The maximum absolute atomic E-state index is 13.6. The SMILES string of the molecule is COc1cc2c(cc1OC)CN(CCc1ccc(NC(=O)c3cc(OC)c(OC)cc3NC(=O)c3cnc4ccccc4c3)cc1)CC2.COc1cc2c(cc1OC)CN(CCc1ccc(NC(=O)c3cc(OC)c(OC)cc3NC(=O)c3cnc4ccccc4c3)cc1)CC2.COc1cc2c(cc1OC)CN(CCc1ccc(NC(=O)c3cc(OC)c(OC)cc3NC(=O)c3cnc4ccccc4c3)cc1)CC2. The second kappa shape index (κ2) is 47.0. The number of hydrogen-bond donors (Lipinski definition) is 6. The van der Waals surface area contributed by atoms with E-state index >= 15 is 0 Å². The molecule has 0 spiro atoms. The Bertz CT molecular complexity index is 6550.